The van der Waals surface area contributed by atoms with Crippen LogP contribution in [-0.4, -0.2) is 52.0 Å². The molecule has 0 aliphatic carbocycles. The van der Waals surface area contributed by atoms with Gasteiger partial charge in [-0.3, -0.25) is 14.4 Å². The van der Waals surface area contributed by atoms with E-state index in [1.807, 2.05) is 43.3 Å². The maximum Gasteiger partial charge on any atom is 0.408 e. The van der Waals surface area contributed by atoms with E-state index in [-0.39, 0.29) is 12.3 Å². The van der Waals surface area contributed by atoms with E-state index >= 15 is 0 Å². The highest BCUT2D eigenvalue weighted by Gasteiger charge is 2.37. The molecule has 2 unspecified atom stereocenters. The highest BCUT2D eigenvalue weighted by molar-refractivity contribution is 6.01. The number of alkyl carbamates (subject to hydrolysis) is 1. The van der Waals surface area contributed by atoms with Crippen LogP contribution < -0.4 is 16.4 Å². The molecule has 4 amide bonds. The highest BCUT2D eigenvalue weighted by atomic mass is 16.6. The maximum absolute atomic E-state index is 14.2. The largest absolute Gasteiger partial charge is 0.508 e. The van der Waals surface area contributed by atoms with Crippen LogP contribution in [0.5, 0.6) is 5.75 Å². The third-order valence-electron chi connectivity index (χ3n) is 6.79. The van der Waals surface area contributed by atoms with Crippen molar-refractivity contribution in [3.63, 3.8) is 0 Å². The third kappa shape index (κ3) is 9.46. The fraction of sp³-hybridized carbons (Fsp3) is 0.394. The summed E-state index contributed by atoms with van der Waals surface area (Å²) in [5, 5.41) is 17.6. The summed E-state index contributed by atoms with van der Waals surface area (Å²) in [6.07, 6.45) is 0.815. The number of aryl methyl sites for hydroxylation is 1. The van der Waals surface area contributed by atoms with Crippen LogP contribution in [0.4, 0.5) is 10.5 Å². The molecule has 3 aromatic carbocycles. The molecule has 0 aliphatic heterocycles. The van der Waals surface area contributed by atoms with Gasteiger partial charge < -0.3 is 31.1 Å². The Kier molecular flexibility index (Phi) is 11.1. The van der Waals surface area contributed by atoms with Gasteiger partial charge in [-0.25, -0.2) is 4.79 Å². The van der Waals surface area contributed by atoms with Crippen molar-refractivity contribution in [1.29, 1.82) is 0 Å². The molecule has 3 aromatic rings. The quantitative estimate of drug-likeness (QED) is 0.210. The number of carbonyl (C=O) groups is 4. The lowest BCUT2D eigenvalue weighted by Crippen LogP contribution is -2.53. The monoisotopic (exact) mass is 590 g/mol. The number of carbonyl (C=O) groups excluding carboxylic acids is 4. The molecule has 5 N–H and O–H groups in total. The van der Waals surface area contributed by atoms with Crippen molar-refractivity contribution in [3.8, 4) is 5.75 Å². The van der Waals surface area contributed by atoms with Gasteiger partial charge in [0.25, 0.3) is 5.91 Å². The molecule has 0 heterocycles. The Morgan fingerprint density at radius 1 is 0.977 bits per heavy atom. The van der Waals surface area contributed by atoms with Gasteiger partial charge in [0.05, 0.1) is 6.42 Å². The normalized spacial score (nSPS) is 12.7. The number of phenols is 1. The number of rotatable bonds is 12. The Hall–Kier alpha value is -4.60. The Morgan fingerprint density at radius 3 is 2.30 bits per heavy atom. The van der Waals surface area contributed by atoms with Crippen LogP contribution in [0.1, 0.15) is 70.5 Å². The number of anilines is 1. The number of nitrogens with one attached hydrogen (secondary N) is 2. The molecular weight excluding hydrogens is 548 g/mol. The molecule has 0 aliphatic rings. The van der Waals surface area contributed by atoms with Gasteiger partial charge in [-0.2, -0.15) is 0 Å². The molecule has 3 rings (SSSR count). The molecule has 0 aromatic heterocycles. The van der Waals surface area contributed by atoms with Gasteiger partial charge in [-0.05, 0) is 80.3 Å². The van der Waals surface area contributed by atoms with Crippen LogP contribution in [0.2, 0.25) is 0 Å². The van der Waals surface area contributed by atoms with Gasteiger partial charge in [0, 0.05) is 12.2 Å². The number of primary amides is 1. The third-order valence-corrected chi connectivity index (χ3v) is 6.79. The molecule has 10 nitrogen and oxygen atoms in total. The highest BCUT2D eigenvalue weighted by Crippen LogP contribution is 2.29. The average molecular weight is 591 g/mol. The van der Waals surface area contributed by atoms with Gasteiger partial charge in [0.15, 0.2) is 0 Å². The lowest BCUT2D eigenvalue weighted by Gasteiger charge is -2.34. The SMILES string of the molecule is CCCCCN(C(=O)C(CC(N)=O)NC(=O)OC(C)(C)C)C(C(=O)Nc1ccc2ccccc2c1)c1ccc(O)c(C)c1. The van der Waals surface area contributed by atoms with Gasteiger partial charge in [-0.15, -0.1) is 0 Å². The standard InChI is InChI=1S/C33H42N4O6/c1-6-7-10-17-37(31(41)26(20-28(34)39)36-32(42)43-33(3,4)5)29(24-14-16-27(38)21(2)18-24)30(40)35-25-15-13-22-11-8-9-12-23(22)19-25/h8-9,11-16,18-19,26,29,38H,6-7,10,17,20H2,1-5H3,(H2,34,39)(H,35,40)(H,36,42). The number of ether oxygens (including phenoxy) is 1. The minimum absolute atomic E-state index is 0.0412. The first-order valence-electron chi connectivity index (χ1n) is 14.5. The summed E-state index contributed by atoms with van der Waals surface area (Å²) in [6, 6.07) is 15.4. The van der Waals surface area contributed by atoms with Crippen molar-refractivity contribution in [1.82, 2.24) is 10.2 Å². The second-order valence-electron chi connectivity index (χ2n) is 11.6. The van der Waals surface area contributed by atoms with Crippen molar-refractivity contribution in [2.24, 2.45) is 5.73 Å². The van der Waals surface area contributed by atoms with Gasteiger partial charge in [0.2, 0.25) is 11.8 Å². The number of hydrogen-bond donors (Lipinski definition) is 4. The zero-order valence-electron chi connectivity index (χ0n) is 25.5. The van der Waals surface area contributed by atoms with E-state index in [0.29, 0.717) is 23.2 Å². The molecular formula is C33H42N4O6. The molecule has 230 valence electrons. The van der Waals surface area contributed by atoms with Gasteiger partial charge >= 0.3 is 6.09 Å². The average Bonchev–Trinajstić information content (AvgIpc) is 2.92. The van der Waals surface area contributed by atoms with Gasteiger partial charge in [-0.1, -0.05) is 56.2 Å². The summed E-state index contributed by atoms with van der Waals surface area (Å²) < 4.78 is 5.33. The number of phenolic OH excluding ortho intramolecular Hbond substituents is 1. The fourth-order valence-electron chi connectivity index (χ4n) is 4.75. The number of unbranched alkanes of at least 4 members (excludes halogenated alkanes) is 2. The number of aromatic hydroxyl groups is 1. The zero-order chi connectivity index (χ0) is 31.7. The lowest BCUT2D eigenvalue weighted by atomic mass is 9.99. The molecule has 0 bridgehead atoms. The molecule has 0 saturated heterocycles. The first-order valence-corrected chi connectivity index (χ1v) is 14.5. The van der Waals surface area contributed by atoms with Crippen LogP contribution in [0.25, 0.3) is 10.8 Å². The van der Waals surface area contributed by atoms with E-state index in [1.54, 1.807) is 45.9 Å². The minimum atomic E-state index is -1.37. The Labute approximate surface area is 252 Å². The smallest absolute Gasteiger partial charge is 0.408 e. The number of benzene rings is 3. The zero-order valence-corrected chi connectivity index (χ0v) is 25.5. The maximum atomic E-state index is 14.2. The predicted octanol–water partition coefficient (Wildman–Crippen LogP) is 5.32. The summed E-state index contributed by atoms with van der Waals surface area (Å²) in [4.78, 5) is 54.4. The fourth-order valence-corrected chi connectivity index (χ4v) is 4.75. The minimum Gasteiger partial charge on any atom is -0.508 e. The Balaban J connectivity index is 2.06. The van der Waals surface area contributed by atoms with Crippen molar-refractivity contribution in [2.75, 3.05) is 11.9 Å². The number of nitrogens with zero attached hydrogens (tertiary/aromatic N) is 1. The summed E-state index contributed by atoms with van der Waals surface area (Å²) in [5.41, 5.74) is 6.13. The van der Waals surface area contributed by atoms with Gasteiger partial charge in [0.1, 0.15) is 23.4 Å². The number of fused-ring (bicyclic) bond motifs is 1. The molecule has 10 heteroatoms. The Bertz CT molecular complexity index is 1470. The van der Waals surface area contributed by atoms with Crippen molar-refractivity contribution < 1.29 is 29.0 Å². The van der Waals surface area contributed by atoms with E-state index in [0.717, 1.165) is 23.6 Å². The van der Waals surface area contributed by atoms with Crippen molar-refractivity contribution >= 4 is 40.3 Å². The van der Waals surface area contributed by atoms with E-state index < -0.39 is 47.9 Å². The molecule has 0 fully saturated rings. The molecule has 2 atom stereocenters. The molecule has 0 saturated carbocycles. The number of nitrogens with two attached hydrogens (primary N) is 1. The summed E-state index contributed by atoms with van der Waals surface area (Å²) >= 11 is 0. The Morgan fingerprint density at radius 2 is 1.67 bits per heavy atom. The lowest BCUT2D eigenvalue weighted by molar-refractivity contribution is -0.142. The topological polar surface area (TPSA) is 151 Å². The second-order valence-corrected chi connectivity index (χ2v) is 11.6. The molecule has 43 heavy (non-hydrogen) atoms. The van der Waals surface area contributed by atoms with Crippen LogP contribution in [0.15, 0.2) is 60.7 Å². The van der Waals surface area contributed by atoms with Crippen molar-refractivity contribution in [3.05, 3.63) is 71.8 Å². The summed E-state index contributed by atoms with van der Waals surface area (Å²) in [5.74, 6) is -1.93. The van der Waals surface area contributed by atoms with E-state index in [4.69, 9.17) is 10.5 Å². The molecule has 0 radical (unpaired) electrons. The van der Waals surface area contributed by atoms with E-state index in [2.05, 4.69) is 10.6 Å². The summed E-state index contributed by atoms with van der Waals surface area (Å²) in [6.45, 7) is 8.89. The van der Waals surface area contributed by atoms with E-state index in [9.17, 15) is 24.3 Å². The van der Waals surface area contributed by atoms with Crippen LogP contribution in [-0.2, 0) is 19.1 Å². The predicted molar refractivity (Wildman–Crippen MR) is 166 cm³/mol. The van der Waals surface area contributed by atoms with Crippen LogP contribution >= 0.6 is 0 Å². The van der Waals surface area contributed by atoms with Crippen LogP contribution in [0.3, 0.4) is 0 Å². The molecule has 0 spiro atoms. The van der Waals surface area contributed by atoms with Crippen molar-refractivity contribution in [2.45, 2.75) is 78.0 Å². The first-order chi connectivity index (χ1) is 20.3. The van der Waals surface area contributed by atoms with Crippen LogP contribution in [0, 0.1) is 6.92 Å². The summed E-state index contributed by atoms with van der Waals surface area (Å²) in [7, 11) is 0. The van der Waals surface area contributed by atoms with E-state index in [1.165, 1.54) is 11.0 Å². The number of hydrogen-bond acceptors (Lipinski definition) is 6. The first kappa shape index (κ1) is 32.9. The number of amides is 4. The second kappa shape index (κ2) is 14.5.